The monoisotopic (exact) mass is 327 g/mol. The molecule has 3 rings (SSSR count). The molecule has 0 saturated carbocycles. The third-order valence-corrected chi connectivity index (χ3v) is 5.73. The Kier molecular flexibility index (Phi) is 5.13. The molecule has 0 bridgehead atoms. The van der Waals surface area contributed by atoms with E-state index in [1.54, 1.807) is 0 Å². The predicted molar refractivity (Wildman–Crippen MR) is 98.9 cm³/mol. The molecule has 0 aliphatic carbocycles. The van der Waals surface area contributed by atoms with Crippen molar-refractivity contribution < 1.29 is 0 Å². The average Bonchev–Trinajstić information content (AvgIpc) is 3.00. The number of hydrogen-bond acceptors (Lipinski definition) is 3. The molecule has 1 fully saturated rings. The Hall–Kier alpha value is -1.65. The lowest BCUT2D eigenvalue weighted by Crippen LogP contribution is -2.46. The molecule has 1 aliphatic rings. The summed E-state index contributed by atoms with van der Waals surface area (Å²) in [6, 6.07) is 12.8. The van der Waals surface area contributed by atoms with Crippen LogP contribution in [0.1, 0.15) is 40.6 Å². The normalized spacial score (nSPS) is 15.2. The number of nitrogens with one attached hydrogen (secondary N) is 2. The fourth-order valence-corrected chi connectivity index (χ4v) is 4.11. The van der Waals surface area contributed by atoms with E-state index in [4.69, 9.17) is 5.41 Å². The van der Waals surface area contributed by atoms with E-state index in [2.05, 4.69) is 60.5 Å². The molecule has 1 saturated heterocycles. The summed E-state index contributed by atoms with van der Waals surface area (Å²) in [5.41, 5.74) is 2.45. The van der Waals surface area contributed by atoms with Crippen LogP contribution >= 0.6 is 11.3 Å². The number of piperazine rings is 1. The number of benzene rings is 1. The molecular weight excluding hydrogens is 302 g/mol. The lowest BCUT2D eigenvalue weighted by Gasteiger charge is -2.29. The van der Waals surface area contributed by atoms with Gasteiger partial charge in [0.05, 0.1) is 0 Å². The summed E-state index contributed by atoms with van der Waals surface area (Å²) in [6.07, 6.45) is 0.919. The summed E-state index contributed by atoms with van der Waals surface area (Å²) in [5, 5.41) is 12.1. The lowest BCUT2D eigenvalue weighted by molar-refractivity contribution is 0.356. The number of nitrogens with zero attached hydrogens (tertiary/aromatic N) is 1. The van der Waals surface area contributed by atoms with Crippen molar-refractivity contribution in [2.24, 2.45) is 0 Å². The minimum atomic E-state index is 0.513. The number of amidine groups is 1. The lowest BCUT2D eigenvalue weighted by atomic mass is 10.1. The Labute approximate surface area is 142 Å². The van der Waals surface area contributed by atoms with E-state index in [9.17, 15) is 0 Å². The smallest absolute Gasteiger partial charge is 0.129 e. The molecule has 0 atom stereocenters. The predicted octanol–water partition coefficient (Wildman–Crippen LogP) is 3.69. The van der Waals surface area contributed by atoms with Gasteiger partial charge >= 0.3 is 0 Å². The van der Waals surface area contributed by atoms with Crippen molar-refractivity contribution in [3.05, 3.63) is 57.3 Å². The first kappa shape index (κ1) is 16.2. The van der Waals surface area contributed by atoms with E-state index in [-0.39, 0.29) is 0 Å². The molecule has 4 heteroatoms. The molecule has 1 aromatic heterocycles. The number of hydrogen-bond donors (Lipinski definition) is 2. The maximum absolute atomic E-state index is 8.69. The zero-order chi connectivity index (χ0) is 16.2. The Balaban J connectivity index is 1.89. The Morgan fingerprint density at radius 2 is 1.91 bits per heavy atom. The molecule has 1 aliphatic heterocycles. The van der Waals surface area contributed by atoms with Crippen LogP contribution in [0, 0.1) is 5.41 Å². The summed E-state index contributed by atoms with van der Waals surface area (Å²) in [5.74, 6) is 1.21. The molecule has 2 aromatic rings. The summed E-state index contributed by atoms with van der Waals surface area (Å²) in [6.45, 7) is 8.26. The van der Waals surface area contributed by atoms with E-state index in [1.807, 2.05) is 11.3 Å². The molecule has 0 spiro atoms. The van der Waals surface area contributed by atoms with Crippen LogP contribution in [0.3, 0.4) is 0 Å². The first-order valence-corrected chi connectivity index (χ1v) is 9.18. The Bertz CT molecular complexity index is 655. The maximum Gasteiger partial charge on any atom is 0.129 e. The quantitative estimate of drug-likeness (QED) is 0.664. The standard InChI is InChI=1S/C19H25N3S/c1-14(2)17-13-16(19(20)22-10-8-21-9-11-22)18(23-17)12-15-6-4-3-5-7-15/h3-7,13-14,20-21H,8-12H2,1-2H3. The van der Waals surface area contributed by atoms with Crippen LogP contribution in [0.15, 0.2) is 36.4 Å². The van der Waals surface area contributed by atoms with Crippen LogP contribution in [0.5, 0.6) is 0 Å². The van der Waals surface area contributed by atoms with Gasteiger partial charge in [0.25, 0.3) is 0 Å². The van der Waals surface area contributed by atoms with Crippen molar-refractivity contribution in [1.82, 2.24) is 10.2 Å². The van der Waals surface area contributed by atoms with Gasteiger partial charge in [-0.2, -0.15) is 0 Å². The highest BCUT2D eigenvalue weighted by atomic mass is 32.1. The van der Waals surface area contributed by atoms with Crippen molar-refractivity contribution in [1.29, 1.82) is 5.41 Å². The van der Waals surface area contributed by atoms with Crippen molar-refractivity contribution in [3.63, 3.8) is 0 Å². The Morgan fingerprint density at radius 3 is 2.57 bits per heavy atom. The van der Waals surface area contributed by atoms with Crippen molar-refractivity contribution in [2.45, 2.75) is 26.2 Å². The minimum absolute atomic E-state index is 0.513. The summed E-state index contributed by atoms with van der Waals surface area (Å²) < 4.78 is 0. The molecule has 0 amide bonds. The molecule has 0 unspecified atom stereocenters. The molecule has 3 nitrogen and oxygen atoms in total. The fraction of sp³-hybridized carbons (Fsp3) is 0.421. The molecule has 1 aromatic carbocycles. The Morgan fingerprint density at radius 1 is 1.22 bits per heavy atom. The molecule has 23 heavy (non-hydrogen) atoms. The van der Waals surface area contributed by atoms with Crippen molar-refractivity contribution in [3.8, 4) is 0 Å². The van der Waals surface area contributed by atoms with Crippen LogP contribution in [0.2, 0.25) is 0 Å². The largest absolute Gasteiger partial charge is 0.354 e. The number of thiophene rings is 1. The molecule has 2 N–H and O–H groups in total. The topological polar surface area (TPSA) is 39.1 Å². The van der Waals surface area contributed by atoms with Gasteiger partial charge in [-0.05, 0) is 17.5 Å². The highest BCUT2D eigenvalue weighted by molar-refractivity contribution is 7.12. The van der Waals surface area contributed by atoms with Crippen LogP contribution in [0.25, 0.3) is 0 Å². The second-order valence-electron chi connectivity index (χ2n) is 6.39. The van der Waals surface area contributed by atoms with Gasteiger partial charge in [-0.15, -0.1) is 11.3 Å². The van der Waals surface area contributed by atoms with Gasteiger partial charge in [0.1, 0.15) is 5.84 Å². The first-order valence-electron chi connectivity index (χ1n) is 8.36. The van der Waals surface area contributed by atoms with E-state index in [0.29, 0.717) is 11.8 Å². The van der Waals surface area contributed by atoms with Gasteiger partial charge in [-0.25, -0.2) is 0 Å². The van der Waals surface area contributed by atoms with E-state index < -0.39 is 0 Å². The van der Waals surface area contributed by atoms with Gasteiger partial charge in [0, 0.05) is 47.9 Å². The SMILES string of the molecule is CC(C)c1cc(C(=N)N2CCNCC2)c(Cc2ccccc2)s1. The minimum Gasteiger partial charge on any atom is -0.354 e. The van der Waals surface area contributed by atoms with Crippen LogP contribution in [-0.2, 0) is 6.42 Å². The highest BCUT2D eigenvalue weighted by Gasteiger charge is 2.20. The van der Waals surface area contributed by atoms with E-state index in [1.165, 1.54) is 15.3 Å². The molecule has 2 heterocycles. The van der Waals surface area contributed by atoms with Crippen LogP contribution < -0.4 is 5.32 Å². The third-order valence-electron chi connectivity index (χ3n) is 4.29. The average molecular weight is 327 g/mol. The molecular formula is C19H25N3S. The van der Waals surface area contributed by atoms with Gasteiger partial charge < -0.3 is 10.2 Å². The fourth-order valence-electron chi connectivity index (χ4n) is 2.91. The summed E-state index contributed by atoms with van der Waals surface area (Å²) >= 11 is 1.87. The second kappa shape index (κ2) is 7.28. The van der Waals surface area contributed by atoms with Crippen LogP contribution in [-0.4, -0.2) is 36.9 Å². The third kappa shape index (κ3) is 3.82. The van der Waals surface area contributed by atoms with Crippen LogP contribution in [0.4, 0.5) is 0 Å². The van der Waals surface area contributed by atoms with Gasteiger partial charge in [-0.3, -0.25) is 5.41 Å². The van der Waals surface area contributed by atoms with E-state index >= 15 is 0 Å². The van der Waals surface area contributed by atoms with Crippen molar-refractivity contribution in [2.75, 3.05) is 26.2 Å². The zero-order valence-electron chi connectivity index (χ0n) is 13.9. The zero-order valence-corrected chi connectivity index (χ0v) is 14.7. The maximum atomic E-state index is 8.69. The number of rotatable bonds is 4. The summed E-state index contributed by atoms with van der Waals surface area (Å²) in [7, 11) is 0. The van der Waals surface area contributed by atoms with Gasteiger partial charge in [-0.1, -0.05) is 44.2 Å². The second-order valence-corrected chi connectivity index (χ2v) is 7.56. The molecule has 0 radical (unpaired) electrons. The first-order chi connectivity index (χ1) is 11.1. The summed E-state index contributed by atoms with van der Waals surface area (Å²) in [4.78, 5) is 4.91. The van der Waals surface area contributed by atoms with Crippen molar-refractivity contribution >= 4 is 17.2 Å². The van der Waals surface area contributed by atoms with E-state index in [0.717, 1.165) is 38.2 Å². The highest BCUT2D eigenvalue weighted by Crippen LogP contribution is 2.31. The van der Waals surface area contributed by atoms with Gasteiger partial charge in [0.15, 0.2) is 0 Å². The molecule has 122 valence electrons. The van der Waals surface area contributed by atoms with Gasteiger partial charge in [0.2, 0.25) is 0 Å².